The van der Waals surface area contributed by atoms with E-state index in [9.17, 15) is 0 Å². The van der Waals surface area contributed by atoms with Gasteiger partial charge in [-0.25, -0.2) is 0 Å². The normalized spacial score (nSPS) is 0. The molecule has 0 aliphatic rings. The van der Waals surface area contributed by atoms with Gasteiger partial charge in [0.1, 0.15) is 0 Å². The van der Waals surface area contributed by atoms with Crippen LogP contribution >= 0.6 is 0 Å². The molecule has 0 radical (unpaired) electrons. The van der Waals surface area contributed by atoms with Crippen molar-refractivity contribution in [1.29, 1.82) is 0 Å². The molecule has 0 amide bonds. The molecule has 0 atom stereocenters. The number of hydrogen-bond donors (Lipinski definition) is 0. The Morgan fingerprint density at radius 2 is 0.333 bits per heavy atom. The average molecular weight is 738 g/mol. The Morgan fingerprint density at radius 1 is 0.333 bits per heavy atom. The summed E-state index contributed by atoms with van der Waals surface area (Å²) < 4.78 is 0. The van der Waals surface area contributed by atoms with Gasteiger partial charge in [-0.3, -0.25) is 0 Å². The molecule has 0 spiro atoms. The summed E-state index contributed by atoms with van der Waals surface area (Å²) >= 11 is 0. The first-order chi connectivity index (χ1) is 0. The maximum absolute atomic E-state index is 0. The van der Waals surface area contributed by atoms with Crippen LogP contribution in [0.3, 0.4) is 0 Å². The van der Waals surface area contributed by atoms with Gasteiger partial charge in [-0.1, -0.05) is 0 Å². The molecule has 0 bridgehead atoms. The van der Waals surface area contributed by atoms with Crippen LogP contribution in [0.1, 0.15) is 0 Å². The molecule has 0 heterocycles. The summed E-state index contributed by atoms with van der Waals surface area (Å²) in [6.45, 7) is 0. The van der Waals surface area contributed by atoms with E-state index in [1.165, 1.54) is 0 Å². The molecule has 5 nitrogen and oxygen atoms in total. The van der Waals surface area contributed by atoms with E-state index in [0.29, 0.717) is 0 Å². The van der Waals surface area contributed by atoms with Crippen LogP contribution in [-0.2, 0) is 66.3 Å². The van der Waals surface area contributed by atoms with Gasteiger partial charge in [0.05, 0.1) is 0 Å². The zero-order valence-electron chi connectivity index (χ0n) is 4.12. The summed E-state index contributed by atoms with van der Waals surface area (Å²) in [6, 6.07) is 0. The van der Waals surface area contributed by atoms with Gasteiger partial charge < -0.3 is 27.4 Å². The second kappa shape index (κ2) is 91.1. The van der Waals surface area contributed by atoms with Crippen LogP contribution < -0.4 is 0 Å². The van der Waals surface area contributed by atoms with Crippen molar-refractivity contribution in [1.82, 2.24) is 0 Å². The summed E-state index contributed by atoms with van der Waals surface area (Å²) in [5.74, 6) is 0. The van der Waals surface area contributed by atoms with E-state index in [0.717, 1.165) is 0 Å². The van der Waals surface area contributed by atoms with Gasteiger partial charge in [-0.15, -0.1) is 0 Å². The second-order valence-corrected chi connectivity index (χ2v) is 0. The minimum atomic E-state index is 0. The quantitative estimate of drug-likeness (QED) is 0.293. The smallest absolute Gasteiger partial charge is 2.00 e. The standard InChI is InChI=1S/5O.2Ra.2Rh/q5*-2;2*+2;2*+3. The Morgan fingerprint density at radius 3 is 0.333 bits per heavy atom. The van der Waals surface area contributed by atoms with E-state index in [4.69, 9.17) is 0 Å². The van der Waals surface area contributed by atoms with Crippen molar-refractivity contribution in [3.05, 3.63) is 0 Å². The molecule has 9 heavy (non-hydrogen) atoms. The van der Waals surface area contributed by atoms with Crippen molar-refractivity contribution in [2.45, 2.75) is 0 Å². The van der Waals surface area contributed by atoms with Crippen molar-refractivity contribution >= 4 is 0 Å². The van der Waals surface area contributed by atoms with Crippen molar-refractivity contribution in [3.8, 4) is 0 Å². The minimum absolute atomic E-state index is 0. The zero-order valence-corrected chi connectivity index (χ0v) is 19.0. The zero-order chi connectivity index (χ0) is 0. The Balaban J connectivity index is 0. The van der Waals surface area contributed by atoms with E-state index in [1.807, 2.05) is 0 Å². The van der Waals surface area contributed by atoms with Crippen LogP contribution in [0, 0.1) is 90.0 Å². The SMILES string of the molecule is [O-2].[O-2].[O-2].[O-2].[O-2].[Ra+2].[Ra+2].[Rh+3].[Rh+3]. The molecule has 0 aromatic heterocycles. The summed E-state index contributed by atoms with van der Waals surface area (Å²) in [4.78, 5) is 0. The third kappa shape index (κ3) is 75.3. The van der Waals surface area contributed by atoms with Crippen LogP contribution in [0.2, 0.25) is 0 Å². The summed E-state index contributed by atoms with van der Waals surface area (Å²) in [5.41, 5.74) is 0. The third-order valence-electron chi connectivity index (χ3n) is 0. The molecule has 9 heteroatoms. The maximum Gasteiger partial charge on any atom is 3.00 e. The van der Waals surface area contributed by atoms with Crippen LogP contribution in [-0.4, -0.2) is 0 Å². The molecule has 0 aromatic carbocycles. The van der Waals surface area contributed by atoms with Gasteiger partial charge in [-0.05, 0) is 0 Å². The average Bonchev–Trinajstić information content (AvgIpc) is 0. The summed E-state index contributed by atoms with van der Waals surface area (Å²) in [5, 5.41) is 0. The molecule has 0 aromatic rings. The number of rotatable bonds is 0. The van der Waals surface area contributed by atoms with Gasteiger partial charge in [0.2, 0.25) is 0 Å². The first kappa shape index (κ1) is 118. The van der Waals surface area contributed by atoms with Gasteiger partial charge >= 0.3 is 129 Å². The minimum Gasteiger partial charge on any atom is -2.00 e. The van der Waals surface area contributed by atoms with Crippen molar-refractivity contribution < 1.29 is 156 Å². The topological polar surface area (TPSA) is 142 Å². The predicted molar refractivity (Wildman–Crippen MR) is 3.43 cm³/mol. The van der Waals surface area contributed by atoms with Crippen LogP contribution in [0.5, 0.6) is 0 Å². The molecule has 0 unspecified atom stereocenters. The van der Waals surface area contributed by atoms with Crippen molar-refractivity contribution in [2.75, 3.05) is 0 Å². The molecule has 0 saturated heterocycles. The van der Waals surface area contributed by atoms with E-state index in [-0.39, 0.29) is 156 Å². The predicted octanol–water partition coefficient (Wildman–Crippen LogP) is -0.599. The Kier molecular flexibility index (Phi) is 1190. The van der Waals surface area contributed by atoms with E-state index < -0.39 is 0 Å². The first-order valence-electron chi connectivity index (χ1n) is 0. The van der Waals surface area contributed by atoms with Gasteiger partial charge in [0.15, 0.2) is 0 Å². The number of hydrogen-bond acceptors (Lipinski definition) is 0. The molecule has 0 N–H and O–H groups in total. The van der Waals surface area contributed by atoms with Gasteiger partial charge in [0.25, 0.3) is 0 Å². The second-order valence-electron chi connectivity index (χ2n) is 0. The summed E-state index contributed by atoms with van der Waals surface area (Å²) in [6.07, 6.45) is 0. The maximum atomic E-state index is 0. The molecule has 0 rings (SSSR count). The monoisotopic (exact) mass is 738 g/mol. The molecule has 0 aliphatic heterocycles. The molecule has 52 valence electrons. The van der Waals surface area contributed by atoms with Crippen molar-refractivity contribution in [2.24, 2.45) is 0 Å². The summed E-state index contributed by atoms with van der Waals surface area (Å²) in [7, 11) is 0. The Hall–Kier alpha value is 3.98. The van der Waals surface area contributed by atoms with E-state index in [2.05, 4.69) is 0 Å². The molecular weight excluding hydrogens is 738 g/mol. The molecular formula is O5Ra2Rh2. The molecule has 0 saturated carbocycles. The third-order valence-corrected chi connectivity index (χ3v) is 0. The Bertz CT molecular complexity index is 12.9. The molecule has 0 fully saturated rings. The fourth-order valence-electron chi connectivity index (χ4n) is 0. The van der Waals surface area contributed by atoms with Crippen LogP contribution in [0.4, 0.5) is 0 Å². The Labute approximate surface area is 152 Å². The first-order valence-corrected chi connectivity index (χ1v) is 0. The van der Waals surface area contributed by atoms with E-state index in [1.54, 1.807) is 0 Å². The van der Waals surface area contributed by atoms with E-state index >= 15 is 0 Å². The fourth-order valence-corrected chi connectivity index (χ4v) is 0. The van der Waals surface area contributed by atoms with Gasteiger partial charge in [0, 0.05) is 0 Å². The largest absolute Gasteiger partial charge is 3.00 e. The fraction of sp³-hybridized carbons (Fsp3) is 0. The van der Waals surface area contributed by atoms with Gasteiger partial charge in [-0.2, -0.15) is 0 Å². The molecule has 0 aliphatic carbocycles. The van der Waals surface area contributed by atoms with Crippen molar-refractivity contribution in [3.63, 3.8) is 0 Å². The van der Waals surface area contributed by atoms with Crippen LogP contribution in [0.15, 0.2) is 0 Å². The van der Waals surface area contributed by atoms with Crippen LogP contribution in [0.25, 0.3) is 0 Å².